The zero-order valence-corrected chi connectivity index (χ0v) is 12.9. The van der Waals surface area contributed by atoms with Crippen molar-refractivity contribution in [1.82, 2.24) is 24.9 Å². The third kappa shape index (κ3) is 3.59. The zero-order chi connectivity index (χ0) is 15.4. The summed E-state index contributed by atoms with van der Waals surface area (Å²) in [7, 11) is 1.87. The molecule has 2 aromatic rings. The molecule has 1 N–H and O–H groups in total. The number of aromatic nitrogens is 4. The normalized spacial score (nSPS) is 11.2. The zero-order valence-electron chi connectivity index (χ0n) is 12.9. The molecule has 2 heterocycles. The maximum Gasteiger partial charge on any atom is 0.244 e. The van der Waals surface area contributed by atoms with Crippen molar-refractivity contribution in [1.29, 1.82) is 0 Å². The van der Waals surface area contributed by atoms with Gasteiger partial charge >= 0.3 is 0 Å². The third-order valence-electron chi connectivity index (χ3n) is 3.42. The summed E-state index contributed by atoms with van der Waals surface area (Å²) in [5.74, 6) is -0.123. The molecule has 0 spiro atoms. The van der Waals surface area contributed by atoms with Crippen LogP contribution in [-0.2, 0) is 24.9 Å². The van der Waals surface area contributed by atoms with Gasteiger partial charge in [0.1, 0.15) is 0 Å². The molecule has 21 heavy (non-hydrogen) atoms. The van der Waals surface area contributed by atoms with E-state index in [1.54, 1.807) is 17.0 Å². The lowest BCUT2D eigenvalue weighted by Crippen LogP contribution is -2.20. The van der Waals surface area contributed by atoms with E-state index in [1.807, 2.05) is 38.7 Å². The molecule has 1 amide bonds. The van der Waals surface area contributed by atoms with Crippen LogP contribution in [0.1, 0.15) is 29.4 Å². The fraction of sp³-hybridized carbons (Fsp3) is 0.400. The summed E-state index contributed by atoms with van der Waals surface area (Å²) < 4.78 is 3.64. The quantitative estimate of drug-likeness (QED) is 0.849. The number of carbonyl (C=O) groups excluding carboxylic acids is 1. The highest BCUT2D eigenvalue weighted by molar-refractivity contribution is 5.91. The molecule has 0 aromatic carbocycles. The topological polar surface area (TPSA) is 64.7 Å². The van der Waals surface area contributed by atoms with Gasteiger partial charge in [0, 0.05) is 49.2 Å². The monoisotopic (exact) mass is 287 g/mol. The second-order valence-electron chi connectivity index (χ2n) is 4.97. The van der Waals surface area contributed by atoms with E-state index in [9.17, 15) is 4.79 Å². The van der Waals surface area contributed by atoms with E-state index in [-0.39, 0.29) is 5.91 Å². The number of aryl methyl sites for hydroxylation is 3. The fourth-order valence-corrected chi connectivity index (χ4v) is 2.17. The maximum atomic E-state index is 11.8. The maximum absolute atomic E-state index is 11.8. The van der Waals surface area contributed by atoms with Crippen LogP contribution in [0.5, 0.6) is 0 Å². The Morgan fingerprint density at radius 3 is 2.76 bits per heavy atom. The molecule has 0 aliphatic rings. The largest absolute Gasteiger partial charge is 0.348 e. The van der Waals surface area contributed by atoms with Crippen molar-refractivity contribution in [3.63, 3.8) is 0 Å². The Hall–Kier alpha value is -2.37. The minimum atomic E-state index is -0.123. The lowest BCUT2D eigenvalue weighted by Gasteiger charge is -2.01. The first kappa shape index (κ1) is 15.0. The number of amides is 1. The van der Waals surface area contributed by atoms with Gasteiger partial charge in [-0.3, -0.25) is 14.2 Å². The van der Waals surface area contributed by atoms with Gasteiger partial charge in [-0.2, -0.15) is 10.2 Å². The van der Waals surface area contributed by atoms with Gasteiger partial charge in [0.2, 0.25) is 5.91 Å². The second kappa shape index (κ2) is 6.39. The number of hydrogen-bond donors (Lipinski definition) is 1. The van der Waals surface area contributed by atoms with Crippen molar-refractivity contribution in [3.05, 3.63) is 41.0 Å². The lowest BCUT2D eigenvalue weighted by atomic mass is 10.2. The van der Waals surface area contributed by atoms with Crippen molar-refractivity contribution in [2.75, 3.05) is 0 Å². The summed E-state index contributed by atoms with van der Waals surface area (Å²) in [6.45, 7) is 7.27. The molecule has 0 saturated carbocycles. The molecule has 0 radical (unpaired) electrons. The predicted molar refractivity (Wildman–Crippen MR) is 81.5 cm³/mol. The number of rotatable bonds is 5. The molecule has 0 fully saturated rings. The minimum absolute atomic E-state index is 0.123. The molecule has 2 rings (SSSR count). The van der Waals surface area contributed by atoms with Gasteiger partial charge in [0.25, 0.3) is 0 Å². The molecule has 0 saturated heterocycles. The Labute approximate surface area is 124 Å². The number of nitrogens with zero attached hydrogens (tertiary/aromatic N) is 4. The lowest BCUT2D eigenvalue weighted by molar-refractivity contribution is -0.116. The van der Waals surface area contributed by atoms with Crippen molar-refractivity contribution in [2.45, 2.75) is 33.9 Å². The van der Waals surface area contributed by atoms with Gasteiger partial charge < -0.3 is 5.32 Å². The van der Waals surface area contributed by atoms with Crippen molar-refractivity contribution in [3.8, 4) is 0 Å². The van der Waals surface area contributed by atoms with Gasteiger partial charge in [-0.15, -0.1) is 0 Å². The van der Waals surface area contributed by atoms with Crippen LogP contribution in [0.3, 0.4) is 0 Å². The highest BCUT2D eigenvalue weighted by atomic mass is 16.1. The molecule has 112 valence electrons. The summed E-state index contributed by atoms with van der Waals surface area (Å²) in [4.78, 5) is 11.8. The van der Waals surface area contributed by atoms with Crippen LogP contribution in [-0.4, -0.2) is 25.5 Å². The SMILES string of the molecule is CCn1ncc(C=CC(=O)NCc2cn(C)nc2C)c1C. The van der Waals surface area contributed by atoms with E-state index in [4.69, 9.17) is 0 Å². The molecule has 6 nitrogen and oxygen atoms in total. The Balaban J connectivity index is 1.93. The Morgan fingerprint density at radius 1 is 1.43 bits per heavy atom. The van der Waals surface area contributed by atoms with Crippen molar-refractivity contribution >= 4 is 12.0 Å². The highest BCUT2D eigenvalue weighted by Crippen LogP contribution is 2.09. The van der Waals surface area contributed by atoms with Gasteiger partial charge in [0.05, 0.1) is 11.9 Å². The van der Waals surface area contributed by atoms with E-state index >= 15 is 0 Å². The van der Waals surface area contributed by atoms with E-state index in [0.29, 0.717) is 6.54 Å². The van der Waals surface area contributed by atoms with Crippen LogP contribution < -0.4 is 5.32 Å². The van der Waals surface area contributed by atoms with E-state index in [2.05, 4.69) is 15.5 Å². The Bertz CT molecular complexity index is 666. The van der Waals surface area contributed by atoms with Crippen LogP contribution >= 0.6 is 0 Å². The summed E-state index contributed by atoms with van der Waals surface area (Å²) in [6.07, 6.45) is 7.01. The number of nitrogens with one attached hydrogen (secondary N) is 1. The van der Waals surface area contributed by atoms with Crippen molar-refractivity contribution < 1.29 is 4.79 Å². The molecule has 0 aliphatic heterocycles. The first-order valence-corrected chi connectivity index (χ1v) is 6.98. The van der Waals surface area contributed by atoms with Crippen LogP contribution in [0.15, 0.2) is 18.5 Å². The standard InChI is InChI=1S/C15H21N5O/c1-5-20-12(3)13(9-17-20)6-7-15(21)16-8-14-10-19(4)18-11(14)2/h6-7,9-10H,5,8H2,1-4H3,(H,16,21). The molecule has 2 aromatic heterocycles. The fourth-order valence-electron chi connectivity index (χ4n) is 2.17. The summed E-state index contributed by atoms with van der Waals surface area (Å²) in [5, 5.41) is 11.3. The molecule has 0 atom stereocenters. The van der Waals surface area contributed by atoms with Crippen LogP contribution in [0.2, 0.25) is 0 Å². The number of carbonyl (C=O) groups is 1. The average molecular weight is 287 g/mol. The second-order valence-corrected chi connectivity index (χ2v) is 4.97. The molecule has 0 unspecified atom stereocenters. The van der Waals surface area contributed by atoms with Gasteiger partial charge in [-0.25, -0.2) is 0 Å². The van der Waals surface area contributed by atoms with Crippen LogP contribution in [0.25, 0.3) is 6.08 Å². The highest BCUT2D eigenvalue weighted by Gasteiger charge is 2.05. The first-order chi connectivity index (χ1) is 10.0. The van der Waals surface area contributed by atoms with Crippen molar-refractivity contribution in [2.24, 2.45) is 7.05 Å². The Morgan fingerprint density at radius 2 is 2.19 bits per heavy atom. The summed E-state index contributed by atoms with van der Waals surface area (Å²) in [6, 6.07) is 0. The van der Waals surface area contributed by atoms with Crippen LogP contribution in [0.4, 0.5) is 0 Å². The van der Waals surface area contributed by atoms with Crippen LogP contribution in [0, 0.1) is 13.8 Å². The molecule has 0 bridgehead atoms. The van der Waals surface area contributed by atoms with E-state index in [0.717, 1.165) is 29.1 Å². The summed E-state index contributed by atoms with van der Waals surface area (Å²) >= 11 is 0. The summed E-state index contributed by atoms with van der Waals surface area (Å²) in [5.41, 5.74) is 3.98. The Kier molecular flexibility index (Phi) is 4.57. The molecule has 0 aliphatic carbocycles. The van der Waals surface area contributed by atoms with E-state index in [1.165, 1.54) is 6.08 Å². The van der Waals surface area contributed by atoms with Gasteiger partial charge in [0.15, 0.2) is 0 Å². The first-order valence-electron chi connectivity index (χ1n) is 6.98. The molecular formula is C15H21N5O. The molecule has 6 heteroatoms. The van der Waals surface area contributed by atoms with Gasteiger partial charge in [-0.1, -0.05) is 0 Å². The van der Waals surface area contributed by atoms with Gasteiger partial charge in [-0.05, 0) is 26.8 Å². The minimum Gasteiger partial charge on any atom is -0.348 e. The predicted octanol–water partition coefficient (Wildman–Crippen LogP) is 1.58. The van der Waals surface area contributed by atoms with E-state index < -0.39 is 0 Å². The average Bonchev–Trinajstić information content (AvgIpc) is 2.96. The smallest absolute Gasteiger partial charge is 0.244 e. The third-order valence-corrected chi connectivity index (χ3v) is 3.42. The number of hydrogen-bond acceptors (Lipinski definition) is 3. The molecular weight excluding hydrogens is 266 g/mol.